The molecule has 1 fully saturated rings. The molecule has 1 aromatic heterocycles. The Morgan fingerprint density at radius 1 is 0.979 bits per heavy atom. The first-order chi connectivity index (χ1) is 22.4. The van der Waals surface area contributed by atoms with Gasteiger partial charge in [0.1, 0.15) is 11.7 Å². The molecule has 0 unspecified atom stereocenters. The van der Waals surface area contributed by atoms with Crippen molar-refractivity contribution in [2.75, 3.05) is 6.61 Å². The number of rotatable bonds is 11. The van der Waals surface area contributed by atoms with Gasteiger partial charge in [-0.05, 0) is 27.9 Å². The largest absolute Gasteiger partial charge is 0.455 e. The Kier molecular flexibility index (Phi) is 9.97. The van der Waals surface area contributed by atoms with Crippen molar-refractivity contribution >= 4 is 24.7 Å². The van der Waals surface area contributed by atoms with Crippen LogP contribution in [0.4, 0.5) is 0 Å². The van der Waals surface area contributed by atoms with Crippen molar-refractivity contribution in [3.05, 3.63) is 142 Å². The number of ether oxygens (including phenoxy) is 3. The second kappa shape index (κ2) is 13.8. The summed E-state index contributed by atoms with van der Waals surface area (Å²) in [6.07, 6.45) is -0.200. The maximum Gasteiger partial charge on any atom is 0.330 e. The Morgan fingerprint density at radius 2 is 1.53 bits per heavy atom. The summed E-state index contributed by atoms with van der Waals surface area (Å²) in [6.45, 7) is 13.7. The standard InChI is InChI=1S/C37H42N2O7Si/c1-7-37(25-44-47(36(4,5)6,29-19-13-9-14-20-29)30-21-15-10-16-22-30)32(43-24-28-17-11-8-12-18-28)31(45-27(3)40)34(46-37)39-23-26(2)33(41)38-35(39)42/h7-23,31-32,34H,1,24-25H2,2-6H3,(H,38,41,42)/t31-,32+,34-,37-/m1/s1. The predicted octanol–water partition coefficient (Wildman–Crippen LogP) is 4.39. The van der Waals surface area contributed by atoms with Crippen molar-refractivity contribution in [1.29, 1.82) is 0 Å². The van der Waals surface area contributed by atoms with Crippen LogP contribution in [-0.2, 0) is 30.0 Å². The van der Waals surface area contributed by atoms with E-state index in [1.807, 2.05) is 66.7 Å². The molecule has 4 aromatic rings. The van der Waals surface area contributed by atoms with Gasteiger partial charge in [-0.15, -0.1) is 6.58 Å². The molecule has 4 atom stereocenters. The number of carbonyl (C=O) groups is 1. The number of carbonyl (C=O) groups excluding carboxylic acids is 1. The lowest BCUT2D eigenvalue weighted by Gasteiger charge is -2.45. The van der Waals surface area contributed by atoms with Crippen LogP contribution in [0.3, 0.4) is 0 Å². The van der Waals surface area contributed by atoms with Crippen LogP contribution in [0.1, 0.15) is 45.0 Å². The van der Waals surface area contributed by atoms with Crippen LogP contribution in [-0.4, -0.2) is 48.3 Å². The minimum atomic E-state index is -3.09. The lowest BCUT2D eigenvalue weighted by atomic mass is 9.95. The summed E-state index contributed by atoms with van der Waals surface area (Å²) in [7, 11) is -3.09. The van der Waals surface area contributed by atoms with Gasteiger partial charge < -0.3 is 18.6 Å². The highest BCUT2D eigenvalue weighted by molar-refractivity contribution is 6.99. The number of hydrogen-bond acceptors (Lipinski definition) is 7. The van der Waals surface area contributed by atoms with Gasteiger partial charge in [-0.1, -0.05) is 118 Å². The molecular weight excluding hydrogens is 613 g/mol. The van der Waals surface area contributed by atoms with Gasteiger partial charge in [0.2, 0.25) is 0 Å². The van der Waals surface area contributed by atoms with Crippen LogP contribution >= 0.6 is 0 Å². The van der Waals surface area contributed by atoms with Gasteiger partial charge in [0.15, 0.2) is 12.3 Å². The Balaban J connectivity index is 1.66. The van der Waals surface area contributed by atoms with Crippen LogP contribution in [0.2, 0.25) is 5.04 Å². The summed E-state index contributed by atoms with van der Waals surface area (Å²) in [4.78, 5) is 40.4. The lowest BCUT2D eigenvalue weighted by Crippen LogP contribution is -2.68. The topological polar surface area (TPSA) is 109 Å². The SMILES string of the molecule is C=C[C@]1(CO[Si](c2ccccc2)(c2ccccc2)C(C)(C)C)O[C@@H](n2cc(C)c(=O)[nH]c2=O)[C@H](OC(C)=O)[C@@H]1OCc1ccccc1. The third-order valence-electron chi connectivity index (χ3n) is 8.67. The molecule has 0 aliphatic carbocycles. The second-order valence-electron chi connectivity index (χ2n) is 12.9. The van der Waals surface area contributed by atoms with Gasteiger partial charge in [-0.3, -0.25) is 19.1 Å². The van der Waals surface area contributed by atoms with Crippen LogP contribution in [0.15, 0.2) is 119 Å². The monoisotopic (exact) mass is 654 g/mol. The van der Waals surface area contributed by atoms with Gasteiger partial charge in [0.05, 0.1) is 13.2 Å². The summed E-state index contributed by atoms with van der Waals surface area (Å²) >= 11 is 0. The summed E-state index contributed by atoms with van der Waals surface area (Å²) in [5, 5.41) is 1.79. The van der Waals surface area contributed by atoms with Gasteiger partial charge in [-0.25, -0.2) is 4.79 Å². The predicted molar refractivity (Wildman–Crippen MR) is 183 cm³/mol. The maximum atomic E-state index is 13.2. The fourth-order valence-electron chi connectivity index (χ4n) is 6.41. The third kappa shape index (κ3) is 6.73. The summed E-state index contributed by atoms with van der Waals surface area (Å²) < 4.78 is 27.8. The van der Waals surface area contributed by atoms with Crippen LogP contribution in [0.5, 0.6) is 0 Å². The number of H-pyrrole nitrogens is 1. The van der Waals surface area contributed by atoms with Crippen molar-refractivity contribution in [3.63, 3.8) is 0 Å². The summed E-state index contributed by atoms with van der Waals surface area (Å²) in [6, 6.07) is 30.0. The van der Waals surface area contributed by atoms with E-state index in [0.717, 1.165) is 15.9 Å². The Morgan fingerprint density at radius 3 is 2.04 bits per heavy atom. The number of esters is 1. The van der Waals surface area contributed by atoms with Gasteiger partial charge in [0.25, 0.3) is 13.9 Å². The summed E-state index contributed by atoms with van der Waals surface area (Å²) in [5.74, 6) is -0.584. The highest BCUT2D eigenvalue weighted by atomic mass is 28.4. The van der Waals surface area contributed by atoms with E-state index in [1.54, 1.807) is 13.0 Å². The molecule has 1 saturated heterocycles. The van der Waals surface area contributed by atoms with E-state index in [2.05, 4.69) is 56.6 Å². The molecule has 1 aliphatic rings. The fraction of sp³-hybridized carbons (Fsp3) is 0.324. The normalized spacial score (nSPS) is 21.3. The molecule has 5 rings (SSSR count). The van der Waals surface area contributed by atoms with Crippen molar-refractivity contribution in [2.24, 2.45) is 0 Å². The molecule has 0 saturated carbocycles. The Hall–Kier alpha value is -4.35. The quantitative estimate of drug-likeness (QED) is 0.145. The van der Waals surface area contributed by atoms with Gasteiger partial charge in [0, 0.05) is 18.7 Å². The highest BCUT2D eigenvalue weighted by Gasteiger charge is 2.60. The number of aromatic amines is 1. The van der Waals surface area contributed by atoms with E-state index in [-0.39, 0.29) is 23.8 Å². The zero-order valence-electron chi connectivity index (χ0n) is 27.5. The molecule has 0 amide bonds. The molecule has 1 N–H and O–H groups in total. The van der Waals surface area contributed by atoms with E-state index in [9.17, 15) is 14.4 Å². The fourth-order valence-corrected chi connectivity index (χ4v) is 11.0. The molecule has 0 bridgehead atoms. The summed E-state index contributed by atoms with van der Waals surface area (Å²) in [5.41, 5.74) is -1.44. The van der Waals surface area contributed by atoms with E-state index in [1.165, 1.54) is 17.7 Å². The first-order valence-corrected chi connectivity index (χ1v) is 17.5. The number of aromatic nitrogens is 2. The first-order valence-electron chi connectivity index (χ1n) is 15.6. The van der Waals surface area contributed by atoms with Crippen molar-refractivity contribution in [1.82, 2.24) is 9.55 Å². The smallest absolute Gasteiger partial charge is 0.330 e. The maximum absolute atomic E-state index is 13.2. The van der Waals surface area contributed by atoms with Crippen molar-refractivity contribution < 1.29 is 23.4 Å². The van der Waals surface area contributed by atoms with E-state index in [0.29, 0.717) is 0 Å². The molecule has 2 heterocycles. The number of nitrogens with one attached hydrogen (secondary N) is 1. The zero-order chi connectivity index (χ0) is 33.8. The second-order valence-corrected chi connectivity index (χ2v) is 17.2. The van der Waals surface area contributed by atoms with E-state index < -0.39 is 49.6 Å². The molecule has 3 aromatic carbocycles. The van der Waals surface area contributed by atoms with Crippen LogP contribution in [0, 0.1) is 6.92 Å². The molecule has 10 heteroatoms. The Bertz CT molecular complexity index is 1760. The van der Waals surface area contributed by atoms with E-state index >= 15 is 0 Å². The zero-order valence-corrected chi connectivity index (χ0v) is 28.5. The number of benzene rings is 3. The minimum absolute atomic E-state index is 0.0331. The van der Waals surface area contributed by atoms with Gasteiger partial charge >= 0.3 is 11.7 Å². The van der Waals surface area contributed by atoms with Crippen LogP contribution in [0.25, 0.3) is 0 Å². The third-order valence-corrected chi connectivity index (χ3v) is 13.7. The average Bonchev–Trinajstić information content (AvgIpc) is 3.35. The number of aryl methyl sites for hydroxylation is 1. The minimum Gasteiger partial charge on any atom is -0.455 e. The molecule has 47 heavy (non-hydrogen) atoms. The van der Waals surface area contributed by atoms with Crippen molar-refractivity contribution in [3.8, 4) is 0 Å². The molecule has 1 aliphatic heterocycles. The molecule has 9 nitrogen and oxygen atoms in total. The van der Waals surface area contributed by atoms with Gasteiger partial charge in [-0.2, -0.15) is 0 Å². The lowest BCUT2D eigenvalue weighted by molar-refractivity contribution is -0.158. The number of hydrogen-bond donors (Lipinski definition) is 1. The first kappa shape index (κ1) is 34.0. The highest BCUT2D eigenvalue weighted by Crippen LogP contribution is 2.44. The molecule has 0 radical (unpaired) electrons. The van der Waals surface area contributed by atoms with E-state index in [4.69, 9.17) is 18.6 Å². The number of nitrogens with zero attached hydrogens (tertiary/aromatic N) is 1. The molecule has 0 spiro atoms. The molecule has 246 valence electrons. The average molecular weight is 655 g/mol. The van der Waals surface area contributed by atoms with Crippen LogP contribution < -0.4 is 21.6 Å². The van der Waals surface area contributed by atoms with Crippen molar-refractivity contribution in [2.45, 2.75) is 70.3 Å². The Labute approximate surface area is 275 Å². The molecular formula is C37H42N2O7Si.